The summed E-state index contributed by atoms with van der Waals surface area (Å²) in [5.41, 5.74) is -0.0128. The fourth-order valence-electron chi connectivity index (χ4n) is 1.63. The van der Waals surface area contributed by atoms with E-state index in [1.165, 1.54) is 31.4 Å². The zero-order valence-corrected chi connectivity index (χ0v) is 11.8. The first-order valence-corrected chi connectivity index (χ1v) is 7.27. The molecule has 0 saturated heterocycles. The van der Waals surface area contributed by atoms with Crippen molar-refractivity contribution in [3.05, 3.63) is 48.3 Å². The van der Waals surface area contributed by atoms with Gasteiger partial charge in [0, 0.05) is 0 Å². The average molecular weight is 308 g/mol. The van der Waals surface area contributed by atoms with Crippen molar-refractivity contribution < 1.29 is 23.1 Å². The molecule has 1 aromatic carbocycles. The van der Waals surface area contributed by atoms with Crippen LogP contribution in [0.5, 0.6) is 5.75 Å². The van der Waals surface area contributed by atoms with Gasteiger partial charge in [-0.3, -0.25) is 4.72 Å². The average Bonchev–Trinajstić information content (AvgIpc) is 2.47. The van der Waals surface area contributed by atoms with Crippen LogP contribution in [0, 0.1) is 0 Å². The van der Waals surface area contributed by atoms with Gasteiger partial charge in [0.2, 0.25) is 0 Å². The number of nitrogens with one attached hydrogen (secondary N) is 1. The molecule has 2 rings (SSSR count). The summed E-state index contributed by atoms with van der Waals surface area (Å²) in [7, 11) is -2.48. The smallest absolute Gasteiger partial charge is 0.354 e. The van der Waals surface area contributed by atoms with Gasteiger partial charge in [0.1, 0.15) is 16.3 Å². The van der Waals surface area contributed by atoms with Gasteiger partial charge in [-0.1, -0.05) is 12.1 Å². The largest absolute Gasteiger partial charge is 0.495 e. The highest BCUT2D eigenvalue weighted by Crippen LogP contribution is 2.24. The number of carboxylic acids is 1. The summed E-state index contributed by atoms with van der Waals surface area (Å²) in [4.78, 5) is 14.3. The quantitative estimate of drug-likeness (QED) is 0.869. The molecule has 0 radical (unpaired) electrons. The summed E-state index contributed by atoms with van der Waals surface area (Å²) >= 11 is 0. The maximum absolute atomic E-state index is 12.3. The molecule has 110 valence electrons. The molecule has 0 atom stereocenters. The Labute approximate surface area is 121 Å². The number of para-hydroxylation sites is 1. The molecule has 1 heterocycles. The number of hydrogen-bond acceptors (Lipinski definition) is 5. The predicted octanol–water partition coefficient (Wildman–Crippen LogP) is 1.59. The van der Waals surface area contributed by atoms with E-state index in [1.54, 1.807) is 12.1 Å². The Bertz CT molecular complexity index is 756. The molecule has 2 aromatic rings. The lowest BCUT2D eigenvalue weighted by molar-refractivity contribution is 0.0690. The van der Waals surface area contributed by atoms with E-state index in [0.29, 0.717) is 0 Å². The number of aromatic carboxylic acids is 1. The van der Waals surface area contributed by atoms with E-state index in [2.05, 4.69) is 9.71 Å². The van der Waals surface area contributed by atoms with E-state index in [0.717, 1.165) is 6.20 Å². The van der Waals surface area contributed by atoms with Gasteiger partial charge < -0.3 is 9.84 Å². The van der Waals surface area contributed by atoms with Gasteiger partial charge in [0.15, 0.2) is 0 Å². The molecule has 0 unspecified atom stereocenters. The molecule has 0 bridgehead atoms. The molecule has 0 amide bonds. The van der Waals surface area contributed by atoms with Crippen LogP contribution < -0.4 is 9.46 Å². The number of pyridine rings is 1. The van der Waals surface area contributed by atoms with Gasteiger partial charge in [-0.2, -0.15) is 0 Å². The highest BCUT2D eigenvalue weighted by Gasteiger charge is 2.19. The van der Waals surface area contributed by atoms with Crippen LogP contribution in [0.25, 0.3) is 0 Å². The van der Waals surface area contributed by atoms with Crippen LogP contribution in [0.1, 0.15) is 10.5 Å². The van der Waals surface area contributed by atoms with Crippen LogP contribution in [-0.4, -0.2) is 31.6 Å². The van der Waals surface area contributed by atoms with E-state index in [9.17, 15) is 13.2 Å². The van der Waals surface area contributed by atoms with Gasteiger partial charge in [-0.05, 0) is 24.3 Å². The predicted molar refractivity (Wildman–Crippen MR) is 75.0 cm³/mol. The number of anilines is 1. The molecule has 21 heavy (non-hydrogen) atoms. The van der Waals surface area contributed by atoms with Crippen molar-refractivity contribution in [2.75, 3.05) is 11.8 Å². The first-order chi connectivity index (χ1) is 9.94. The number of ether oxygens (including phenoxy) is 1. The Hall–Kier alpha value is -2.61. The summed E-state index contributed by atoms with van der Waals surface area (Å²) in [6.07, 6.45) is 1.14. The van der Waals surface area contributed by atoms with Gasteiger partial charge >= 0.3 is 5.97 Å². The van der Waals surface area contributed by atoms with E-state index < -0.39 is 16.0 Å². The number of hydrogen-bond donors (Lipinski definition) is 2. The summed E-state index contributed by atoms with van der Waals surface area (Å²) in [5, 5.41) is 8.74. The molecule has 0 aliphatic rings. The van der Waals surface area contributed by atoms with Crippen LogP contribution in [-0.2, 0) is 10.0 Å². The van der Waals surface area contributed by atoms with Gasteiger partial charge in [-0.15, -0.1) is 0 Å². The first kappa shape index (κ1) is 14.8. The van der Waals surface area contributed by atoms with E-state index >= 15 is 0 Å². The third-order valence-corrected chi connectivity index (χ3v) is 4.01. The Kier molecular flexibility index (Phi) is 4.08. The van der Waals surface area contributed by atoms with Gasteiger partial charge in [0.05, 0.1) is 19.0 Å². The number of nitrogens with zero attached hydrogens (tertiary/aromatic N) is 1. The minimum atomic E-state index is -3.85. The molecule has 0 spiro atoms. The van der Waals surface area contributed by atoms with Crippen molar-refractivity contribution in [2.24, 2.45) is 0 Å². The Morgan fingerprint density at radius 1 is 1.24 bits per heavy atom. The molecular formula is C13H12N2O5S. The first-order valence-electron chi connectivity index (χ1n) is 5.79. The zero-order valence-electron chi connectivity index (χ0n) is 11.0. The molecule has 7 nitrogen and oxygen atoms in total. The third kappa shape index (κ3) is 3.29. The minimum Gasteiger partial charge on any atom is -0.495 e. The van der Waals surface area contributed by atoms with Gasteiger partial charge in [0.25, 0.3) is 10.0 Å². The van der Waals surface area contributed by atoms with Crippen LogP contribution >= 0.6 is 0 Å². The Morgan fingerprint density at radius 2 is 1.95 bits per heavy atom. The van der Waals surface area contributed by atoms with Crippen molar-refractivity contribution in [1.29, 1.82) is 0 Å². The second-order valence-corrected chi connectivity index (χ2v) is 5.64. The van der Waals surface area contributed by atoms with Crippen molar-refractivity contribution in [3.8, 4) is 5.75 Å². The second kappa shape index (κ2) is 5.80. The highest BCUT2D eigenvalue weighted by atomic mass is 32.2. The summed E-state index contributed by atoms with van der Waals surface area (Å²) in [6.45, 7) is 0. The van der Waals surface area contributed by atoms with Crippen molar-refractivity contribution in [2.45, 2.75) is 4.90 Å². The SMILES string of the molecule is COc1ccccc1S(=O)(=O)Nc1ccc(C(=O)O)nc1. The molecule has 8 heteroatoms. The lowest BCUT2D eigenvalue weighted by atomic mass is 10.3. The topological polar surface area (TPSA) is 106 Å². The standard InChI is InChI=1S/C13H12N2O5S/c1-20-11-4-2-3-5-12(11)21(18,19)15-9-6-7-10(13(16)17)14-8-9/h2-8,15H,1H3,(H,16,17). The van der Waals surface area contributed by atoms with E-state index in [-0.39, 0.29) is 22.0 Å². The number of methoxy groups -OCH3 is 1. The minimum absolute atomic E-state index is 0.0187. The monoisotopic (exact) mass is 308 g/mol. The number of aromatic nitrogens is 1. The lowest BCUT2D eigenvalue weighted by Crippen LogP contribution is -2.14. The number of rotatable bonds is 5. The Balaban J connectivity index is 2.31. The molecule has 2 N–H and O–H groups in total. The maximum Gasteiger partial charge on any atom is 0.354 e. The lowest BCUT2D eigenvalue weighted by Gasteiger charge is -2.11. The molecule has 0 aliphatic heterocycles. The van der Waals surface area contributed by atoms with Crippen molar-refractivity contribution in [3.63, 3.8) is 0 Å². The van der Waals surface area contributed by atoms with E-state index in [1.807, 2.05) is 0 Å². The summed E-state index contributed by atoms with van der Waals surface area (Å²) in [5.74, 6) is -0.978. The van der Waals surface area contributed by atoms with Crippen molar-refractivity contribution in [1.82, 2.24) is 4.98 Å². The van der Waals surface area contributed by atoms with Crippen LogP contribution in [0.15, 0.2) is 47.5 Å². The van der Waals surface area contributed by atoms with Crippen LogP contribution in [0.4, 0.5) is 5.69 Å². The normalized spacial score (nSPS) is 10.9. The molecule has 0 fully saturated rings. The Morgan fingerprint density at radius 3 is 2.52 bits per heavy atom. The second-order valence-electron chi connectivity index (χ2n) is 3.99. The van der Waals surface area contributed by atoms with Crippen LogP contribution in [0.2, 0.25) is 0 Å². The summed E-state index contributed by atoms with van der Waals surface area (Å²) < 4.78 is 31.8. The summed E-state index contributed by atoms with van der Waals surface area (Å²) in [6, 6.07) is 8.69. The van der Waals surface area contributed by atoms with Gasteiger partial charge in [-0.25, -0.2) is 18.2 Å². The van der Waals surface area contributed by atoms with Crippen LogP contribution in [0.3, 0.4) is 0 Å². The number of sulfonamides is 1. The number of benzene rings is 1. The molecule has 0 saturated carbocycles. The number of carbonyl (C=O) groups is 1. The zero-order chi connectivity index (χ0) is 15.5. The highest BCUT2D eigenvalue weighted by molar-refractivity contribution is 7.92. The molecule has 0 aliphatic carbocycles. The fourth-order valence-corrected chi connectivity index (χ4v) is 2.85. The molecular weight excluding hydrogens is 296 g/mol. The van der Waals surface area contributed by atoms with Crippen molar-refractivity contribution >= 4 is 21.7 Å². The maximum atomic E-state index is 12.3. The van der Waals surface area contributed by atoms with E-state index in [4.69, 9.17) is 9.84 Å². The molecule has 1 aromatic heterocycles. The third-order valence-electron chi connectivity index (χ3n) is 2.59. The fraction of sp³-hybridized carbons (Fsp3) is 0.0769. The number of carboxylic acid groups (broad SMARTS) is 1.